The highest BCUT2D eigenvalue weighted by Crippen LogP contribution is 2.45. The molecule has 2 aliphatic heterocycles. The number of carboxylic acids is 1. The van der Waals surface area contributed by atoms with E-state index in [0.717, 1.165) is 35.9 Å². The van der Waals surface area contributed by atoms with Gasteiger partial charge in [0.15, 0.2) is 0 Å². The van der Waals surface area contributed by atoms with E-state index in [0.29, 0.717) is 33.8 Å². The summed E-state index contributed by atoms with van der Waals surface area (Å²) in [6.07, 6.45) is 7.83. The molecule has 2 amide bonds. The molecule has 6 rings (SSSR count). The highest BCUT2D eigenvalue weighted by molar-refractivity contribution is 7.20. The molecule has 0 unspecified atom stereocenters. The molecule has 12 heteroatoms. The number of carboxylic acid groups (broad SMARTS) is 1. The van der Waals surface area contributed by atoms with E-state index >= 15 is 0 Å². The number of para-hydroxylation sites is 1. The lowest BCUT2D eigenvalue weighted by Crippen LogP contribution is -2.55. The van der Waals surface area contributed by atoms with Crippen LogP contribution in [0.3, 0.4) is 0 Å². The molecule has 0 radical (unpaired) electrons. The number of ether oxygens (including phenoxy) is 1. The van der Waals surface area contributed by atoms with Crippen LogP contribution in [0.2, 0.25) is 10.0 Å². The van der Waals surface area contributed by atoms with Gasteiger partial charge in [-0.25, -0.2) is 9.78 Å². The van der Waals surface area contributed by atoms with Crippen molar-refractivity contribution < 1.29 is 24.2 Å². The smallest absolute Gasteiger partial charge is 0.330 e. The average molecular weight is 644 g/mol. The molecule has 0 bridgehead atoms. The fourth-order valence-corrected chi connectivity index (χ4v) is 7.44. The summed E-state index contributed by atoms with van der Waals surface area (Å²) >= 11 is 13.9. The number of aliphatic carboxylic acids is 1. The van der Waals surface area contributed by atoms with Crippen LogP contribution in [0.4, 0.5) is 5.69 Å². The van der Waals surface area contributed by atoms with Gasteiger partial charge in [-0.15, -0.1) is 0 Å². The van der Waals surface area contributed by atoms with Gasteiger partial charge < -0.3 is 25.4 Å². The maximum atomic E-state index is 14.2. The highest BCUT2D eigenvalue weighted by Gasteiger charge is 2.61. The Balaban J connectivity index is 1.30. The average Bonchev–Trinajstić information content (AvgIpc) is 3.28. The highest BCUT2D eigenvalue weighted by atomic mass is 35.5. The SMILES string of the molecule is O=C1N[C@]2(C(=O)O)C[C@H]2/C=C\CCCCC[C@H](Nc2cc(Cl)cc(Cl)c2)C(=O)N2C[C@H](Oc3nc4ccccc4s3)C[C@@H]12. The first-order chi connectivity index (χ1) is 20.7. The summed E-state index contributed by atoms with van der Waals surface area (Å²) in [6.45, 7) is 0.157. The Kier molecular flexibility index (Phi) is 8.53. The normalized spacial score (nSPS) is 28.7. The van der Waals surface area contributed by atoms with E-state index in [9.17, 15) is 19.5 Å². The summed E-state index contributed by atoms with van der Waals surface area (Å²) in [5.74, 6) is -2.13. The zero-order valence-electron chi connectivity index (χ0n) is 23.3. The van der Waals surface area contributed by atoms with Crippen LogP contribution in [-0.2, 0) is 14.4 Å². The van der Waals surface area contributed by atoms with Gasteiger partial charge in [-0.1, -0.05) is 71.7 Å². The molecular formula is C31H32Cl2N4O5S. The zero-order chi connectivity index (χ0) is 30.1. The van der Waals surface area contributed by atoms with Crippen LogP contribution in [0, 0.1) is 5.92 Å². The third-order valence-corrected chi connectivity index (χ3v) is 9.73. The van der Waals surface area contributed by atoms with Crippen LogP contribution < -0.4 is 15.4 Å². The van der Waals surface area contributed by atoms with Crippen molar-refractivity contribution in [2.75, 3.05) is 11.9 Å². The van der Waals surface area contributed by atoms with Gasteiger partial charge in [0, 0.05) is 28.1 Å². The van der Waals surface area contributed by atoms with Crippen LogP contribution in [0.1, 0.15) is 44.9 Å². The number of nitrogens with zero attached hydrogens (tertiary/aromatic N) is 2. The molecule has 43 heavy (non-hydrogen) atoms. The maximum absolute atomic E-state index is 14.2. The molecule has 1 saturated carbocycles. The minimum Gasteiger partial charge on any atom is -0.479 e. The van der Waals surface area contributed by atoms with Crippen LogP contribution in [-0.4, -0.2) is 63.0 Å². The van der Waals surface area contributed by atoms with Crippen molar-refractivity contribution in [1.82, 2.24) is 15.2 Å². The molecule has 3 N–H and O–H groups in total. The Hall–Kier alpha value is -3.34. The van der Waals surface area contributed by atoms with E-state index < -0.39 is 35.6 Å². The molecule has 9 nitrogen and oxygen atoms in total. The van der Waals surface area contributed by atoms with Gasteiger partial charge in [0.25, 0.3) is 5.19 Å². The van der Waals surface area contributed by atoms with Gasteiger partial charge in [-0.3, -0.25) is 9.59 Å². The second kappa shape index (κ2) is 12.3. The number of hydrogen-bond acceptors (Lipinski definition) is 7. The number of allylic oxidation sites excluding steroid dienone is 1. The largest absolute Gasteiger partial charge is 0.479 e. The Bertz CT molecular complexity index is 1530. The number of hydrogen-bond donors (Lipinski definition) is 3. The Morgan fingerprint density at radius 1 is 1.14 bits per heavy atom. The predicted octanol–water partition coefficient (Wildman–Crippen LogP) is 5.91. The molecule has 226 valence electrons. The fourth-order valence-electron chi connectivity index (χ4n) is 6.03. The molecule has 2 fully saturated rings. The number of nitrogens with one attached hydrogen (secondary N) is 2. The van der Waals surface area contributed by atoms with E-state index in [4.69, 9.17) is 27.9 Å². The van der Waals surface area contributed by atoms with Gasteiger partial charge in [0.05, 0.1) is 16.8 Å². The fraction of sp³-hybridized carbons (Fsp3) is 0.419. The summed E-state index contributed by atoms with van der Waals surface area (Å²) in [6, 6.07) is 11.2. The number of carbonyl (C=O) groups is 3. The van der Waals surface area contributed by atoms with E-state index in [1.54, 1.807) is 18.2 Å². The van der Waals surface area contributed by atoms with Crippen LogP contribution in [0.25, 0.3) is 10.2 Å². The predicted molar refractivity (Wildman–Crippen MR) is 167 cm³/mol. The lowest BCUT2D eigenvalue weighted by atomic mass is 10.0. The zero-order valence-corrected chi connectivity index (χ0v) is 25.6. The second-order valence-electron chi connectivity index (χ2n) is 11.4. The third-order valence-electron chi connectivity index (χ3n) is 8.37. The monoisotopic (exact) mass is 642 g/mol. The van der Waals surface area contributed by atoms with E-state index in [2.05, 4.69) is 15.6 Å². The van der Waals surface area contributed by atoms with Crippen molar-refractivity contribution in [3.05, 3.63) is 64.7 Å². The van der Waals surface area contributed by atoms with Gasteiger partial charge in [0.1, 0.15) is 23.7 Å². The lowest BCUT2D eigenvalue weighted by Gasteiger charge is -2.30. The number of anilines is 1. The first-order valence-electron chi connectivity index (χ1n) is 14.5. The Morgan fingerprint density at radius 2 is 1.93 bits per heavy atom. The van der Waals surface area contributed by atoms with Gasteiger partial charge >= 0.3 is 5.97 Å². The maximum Gasteiger partial charge on any atom is 0.330 e. The summed E-state index contributed by atoms with van der Waals surface area (Å²) in [4.78, 5) is 46.5. The number of amides is 2. The van der Waals surface area contributed by atoms with Gasteiger partial charge in [0.2, 0.25) is 11.8 Å². The van der Waals surface area contributed by atoms with Crippen LogP contribution >= 0.6 is 34.5 Å². The van der Waals surface area contributed by atoms with Crippen molar-refractivity contribution in [2.45, 2.75) is 68.7 Å². The standard InChI is InChI=1S/C31H32Cl2N4O5S/c32-19-12-20(33)14-21(13-19)34-24-10-5-3-1-2-4-8-18-16-31(18,29(40)41)36-27(38)25-15-22(17-37(25)28(24)39)42-30-35-23-9-6-7-11-26(23)43-30/h4,6-9,11-14,18,22,24-25,34H,1-3,5,10,15-17H2,(H,36,38)(H,40,41)/b8-4-/t18-,22-,24+,25+,31-/m1/s1. The van der Waals surface area contributed by atoms with Crippen molar-refractivity contribution in [3.63, 3.8) is 0 Å². The minimum atomic E-state index is -1.37. The molecule has 0 spiro atoms. The Labute approximate surface area is 263 Å². The quantitative estimate of drug-likeness (QED) is 0.296. The van der Waals surface area contributed by atoms with Crippen LogP contribution in [0.5, 0.6) is 5.19 Å². The van der Waals surface area contributed by atoms with Crippen molar-refractivity contribution in [3.8, 4) is 5.19 Å². The number of halogens is 2. The molecule has 1 aliphatic carbocycles. The molecule has 3 aromatic rings. The summed E-state index contributed by atoms with van der Waals surface area (Å²) in [5, 5.41) is 17.5. The molecule has 3 heterocycles. The number of thiazole rings is 1. The molecule has 5 atom stereocenters. The molecular weight excluding hydrogens is 611 g/mol. The summed E-state index contributed by atoms with van der Waals surface area (Å²) < 4.78 is 7.22. The van der Waals surface area contributed by atoms with Gasteiger partial charge in [-0.05, 0) is 56.0 Å². The first kappa shape index (κ1) is 29.7. The second-order valence-corrected chi connectivity index (χ2v) is 13.3. The molecule has 3 aliphatic rings. The van der Waals surface area contributed by atoms with E-state index in [-0.39, 0.29) is 24.8 Å². The topological polar surface area (TPSA) is 121 Å². The number of rotatable bonds is 5. The minimum absolute atomic E-state index is 0.157. The summed E-state index contributed by atoms with van der Waals surface area (Å²) in [5.41, 5.74) is 0.0403. The summed E-state index contributed by atoms with van der Waals surface area (Å²) in [7, 11) is 0. The third kappa shape index (κ3) is 6.46. The molecule has 1 saturated heterocycles. The van der Waals surface area contributed by atoms with E-state index in [1.165, 1.54) is 16.2 Å². The Morgan fingerprint density at radius 3 is 2.70 bits per heavy atom. The lowest BCUT2D eigenvalue weighted by molar-refractivity contribution is -0.145. The number of aromatic nitrogens is 1. The van der Waals surface area contributed by atoms with Crippen molar-refractivity contribution in [2.24, 2.45) is 5.92 Å². The van der Waals surface area contributed by atoms with Crippen molar-refractivity contribution >= 4 is 68.2 Å². The number of carbonyl (C=O) groups excluding carboxylic acids is 2. The van der Waals surface area contributed by atoms with Gasteiger partial charge in [-0.2, -0.15) is 0 Å². The first-order valence-corrected chi connectivity index (χ1v) is 16.1. The van der Waals surface area contributed by atoms with E-state index in [1.807, 2.05) is 36.4 Å². The number of benzene rings is 2. The van der Waals surface area contributed by atoms with Crippen molar-refractivity contribution in [1.29, 1.82) is 0 Å². The van der Waals surface area contributed by atoms with Crippen LogP contribution in [0.15, 0.2) is 54.6 Å². The molecule has 2 aromatic carbocycles. The number of fused-ring (bicyclic) bond motifs is 3. The molecule has 1 aromatic heterocycles.